The lowest BCUT2D eigenvalue weighted by Gasteiger charge is -2.12. The summed E-state index contributed by atoms with van der Waals surface area (Å²) in [5, 5.41) is 14.6. The molecule has 0 bridgehead atoms. The molecule has 0 atom stereocenters. The number of thiazole rings is 1. The van der Waals surface area contributed by atoms with Gasteiger partial charge in [-0.2, -0.15) is 0 Å². The average Bonchev–Trinajstić information content (AvgIpc) is 3.37. The smallest absolute Gasteiger partial charge is 0.161 e. The van der Waals surface area contributed by atoms with Crippen molar-refractivity contribution in [3.8, 4) is 27.4 Å². The Bertz CT molecular complexity index is 1500. The summed E-state index contributed by atoms with van der Waals surface area (Å²) in [5.41, 5.74) is 8.46. The fourth-order valence-electron chi connectivity index (χ4n) is 4.29. The highest BCUT2D eigenvalue weighted by Gasteiger charge is 2.16. The van der Waals surface area contributed by atoms with E-state index in [0.717, 1.165) is 66.4 Å². The molecule has 0 spiro atoms. The number of fused-ring (bicyclic) bond motifs is 1. The average molecular weight is 471 g/mol. The van der Waals surface area contributed by atoms with Gasteiger partial charge in [0.2, 0.25) is 0 Å². The Morgan fingerprint density at radius 1 is 1.03 bits per heavy atom. The van der Waals surface area contributed by atoms with Crippen molar-refractivity contribution in [1.82, 2.24) is 14.4 Å². The quantitative estimate of drug-likeness (QED) is 0.305. The fraction of sp³-hybridized carbons (Fsp3) is 0.185. The third kappa shape index (κ3) is 3.93. The molecule has 2 aromatic carbocycles. The summed E-state index contributed by atoms with van der Waals surface area (Å²) in [5.74, 6) is 0.801. The van der Waals surface area contributed by atoms with Gasteiger partial charge in [-0.25, -0.2) is 9.97 Å². The predicted octanol–water partition coefficient (Wildman–Crippen LogP) is 6.29. The van der Waals surface area contributed by atoms with Crippen molar-refractivity contribution in [2.45, 2.75) is 27.4 Å². The van der Waals surface area contributed by atoms with E-state index in [1.54, 1.807) is 18.4 Å². The number of nitrogens with zero attached hydrogens (tertiary/aromatic N) is 3. The van der Waals surface area contributed by atoms with Gasteiger partial charge in [-0.05, 0) is 68.3 Å². The predicted molar refractivity (Wildman–Crippen MR) is 138 cm³/mol. The van der Waals surface area contributed by atoms with Crippen LogP contribution in [0.15, 0.2) is 60.8 Å². The highest BCUT2D eigenvalue weighted by molar-refractivity contribution is 7.15. The van der Waals surface area contributed by atoms with E-state index < -0.39 is 0 Å². The summed E-state index contributed by atoms with van der Waals surface area (Å²) in [6.45, 7) is 6.03. The number of aliphatic hydroxyl groups is 1. The molecule has 0 aliphatic heterocycles. The molecule has 7 heteroatoms. The third-order valence-electron chi connectivity index (χ3n) is 5.93. The molecule has 5 rings (SSSR count). The standard InChI is InChI=1S/C27H26N4O2S/c1-16-26(34-18(3)28-16)23-11-10-21(13-20(23)15-32)29-24-9-6-12-31-17(2)25(30-27(24)31)19-7-5-8-22(14-19)33-4/h5-14,29,32H,15H2,1-4H3. The Labute approximate surface area is 202 Å². The van der Waals surface area contributed by atoms with Crippen LogP contribution in [-0.4, -0.2) is 26.6 Å². The van der Waals surface area contributed by atoms with Gasteiger partial charge >= 0.3 is 0 Å². The van der Waals surface area contributed by atoms with Crippen LogP contribution in [0.1, 0.15) is 22.0 Å². The maximum atomic E-state index is 10.1. The number of aliphatic hydroxyl groups excluding tert-OH is 1. The van der Waals surface area contributed by atoms with Gasteiger partial charge in [-0.3, -0.25) is 0 Å². The monoisotopic (exact) mass is 470 g/mol. The van der Waals surface area contributed by atoms with Gasteiger partial charge in [0.15, 0.2) is 5.65 Å². The highest BCUT2D eigenvalue weighted by Crippen LogP contribution is 2.35. The number of hydrogen-bond acceptors (Lipinski definition) is 6. The van der Waals surface area contributed by atoms with E-state index in [1.165, 1.54) is 0 Å². The van der Waals surface area contributed by atoms with Crippen LogP contribution in [0.5, 0.6) is 5.75 Å². The number of pyridine rings is 1. The Balaban J connectivity index is 1.53. The minimum Gasteiger partial charge on any atom is -0.497 e. The normalized spacial score (nSPS) is 11.2. The summed E-state index contributed by atoms with van der Waals surface area (Å²) < 4.78 is 7.48. The van der Waals surface area contributed by atoms with Gasteiger partial charge in [-0.15, -0.1) is 11.3 Å². The highest BCUT2D eigenvalue weighted by atomic mass is 32.1. The molecule has 6 nitrogen and oxygen atoms in total. The van der Waals surface area contributed by atoms with Crippen LogP contribution in [0, 0.1) is 20.8 Å². The second-order valence-corrected chi connectivity index (χ2v) is 9.40. The molecule has 0 aliphatic rings. The maximum Gasteiger partial charge on any atom is 0.161 e. The van der Waals surface area contributed by atoms with E-state index in [9.17, 15) is 5.11 Å². The van der Waals surface area contributed by atoms with Crippen LogP contribution in [-0.2, 0) is 6.61 Å². The largest absolute Gasteiger partial charge is 0.497 e. The molecule has 3 aromatic heterocycles. The SMILES string of the molecule is COc1cccc(-c2nc3c(Nc4ccc(-c5sc(C)nc5C)c(CO)c4)cccn3c2C)c1. The van der Waals surface area contributed by atoms with Gasteiger partial charge in [0.05, 0.1) is 40.7 Å². The Hall–Kier alpha value is -3.68. The molecule has 2 N–H and O–H groups in total. The molecule has 0 aliphatic carbocycles. The fourth-order valence-corrected chi connectivity index (χ4v) is 5.27. The van der Waals surface area contributed by atoms with E-state index in [2.05, 4.69) is 21.6 Å². The van der Waals surface area contributed by atoms with E-state index in [4.69, 9.17) is 9.72 Å². The van der Waals surface area contributed by atoms with Crippen LogP contribution < -0.4 is 10.1 Å². The molecular formula is C27H26N4O2S. The second kappa shape index (κ2) is 8.93. The number of benzene rings is 2. The van der Waals surface area contributed by atoms with E-state index in [1.807, 2.05) is 74.6 Å². The van der Waals surface area contributed by atoms with Crippen LogP contribution in [0.25, 0.3) is 27.3 Å². The van der Waals surface area contributed by atoms with Crippen molar-refractivity contribution in [1.29, 1.82) is 0 Å². The number of aromatic nitrogens is 3. The zero-order valence-electron chi connectivity index (χ0n) is 19.6. The maximum absolute atomic E-state index is 10.1. The van der Waals surface area contributed by atoms with Crippen molar-refractivity contribution >= 4 is 28.4 Å². The van der Waals surface area contributed by atoms with Crippen molar-refractivity contribution in [3.63, 3.8) is 0 Å². The lowest BCUT2D eigenvalue weighted by atomic mass is 10.0. The molecule has 172 valence electrons. The number of methoxy groups -OCH3 is 1. The lowest BCUT2D eigenvalue weighted by molar-refractivity contribution is 0.282. The number of nitrogens with one attached hydrogen (secondary N) is 1. The lowest BCUT2D eigenvalue weighted by Crippen LogP contribution is -1.97. The molecule has 0 saturated carbocycles. The second-order valence-electron chi connectivity index (χ2n) is 8.20. The molecule has 0 radical (unpaired) electrons. The number of aryl methyl sites for hydroxylation is 3. The van der Waals surface area contributed by atoms with E-state index >= 15 is 0 Å². The van der Waals surface area contributed by atoms with Gasteiger partial charge in [0.25, 0.3) is 0 Å². The first-order valence-electron chi connectivity index (χ1n) is 11.1. The topological polar surface area (TPSA) is 71.7 Å². The molecule has 5 aromatic rings. The molecule has 0 amide bonds. The zero-order chi connectivity index (χ0) is 23.8. The number of hydrogen-bond donors (Lipinski definition) is 2. The van der Waals surface area contributed by atoms with Crippen molar-refractivity contribution in [3.05, 3.63) is 82.8 Å². The molecule has 0 saturated heterocycles. The van der Waals surface area contributed by atoms with Gasteiger partial charge in [0.1, 0.15) is 5.75 Å². The Morgan fingerprint density at radius 3 is 2.62 bits per heavy atom. The number of rotatable bonds is 6. The van der Waals surface area contributed by atoms with Crippen molar-refractivity contribution in [2.75, 3.05) is 12.4 Å². The van der Waals surface area contributed by atoms with Crippen LogP contribution >= 0.6 is 11.3 Å². The number of anilines is 2. The summed E-state index contributed by atoms with van der Waals surface area (Å²) >= 11 is 1.65. The van der Waals surface area contributed by atoms with E-state index in [0.29, 0.717) is 0 Å². The van der Waals surface area contributed by atoms with Gasteiger partial charge in [-0.1, -0.05) is 18.2 Å². The number of ether oxygens (including phenoxy) is 1. The summed E-state index contributed by atoms with van der Waals surface area (Å²) in [6, 6.07) is 18.0. The molecule has 34 heavy (non-hydrogen) atoms. The summed E-state index contributed by atoms with van der Waals surface area (Å²) in [4.78, 5) is 10.6. The summed E-state index contributed by atoms with van der Waals surface area (Å²) in [7, 11) is 1.67. The van der Waals surface area contributed by atoms with Crippen molar-refractivity contribution < 1.29 is 9.84 Å². The Kier molecular flexibility index (Phi) is 5.81. The minimum atomic E-state index is -0.0477. The van der Waals surface area contributed by atoms with Gasteiger partial charge < -0.3 is 19.6 Å². The van der Waals surface area contributed by atoms with Crippen LogP contribution in [0.3, 0.4) is 0 Å². The summed E-state index contributed by atoms with van der Waals surface area (Å²) in [6.07, 6.45) is 2.02. The molecular weight excluding hydrogens is 444 g/mol. The first kappa shape index (κ1) is 22.1. The van der Waals surface area contributed by atoms with E-state index in [-0.39, 0.29) is 6.61 Å². The minimum absolute atomic E-state index is 0.0477. The first-order chi connectivity index (χ1) is 16.5. The van der Waals surface area contributed by atoms with Crippen LogP contribution in [0.2, 0.25) is 0 Å². The first-order valence-corrected chi connectivity index (χ1v) is 11.9. The Morgan fingerprint density at radius 2 is 1.88 bits per heavy atom. The molecule has 0 fully saturated rings. The molecule has 0 unspecified atom stereocenters. The zero-order valence-corrected chi connectivity index (χ0v) is 20.4. The van der Waals surface area contributed by atoms with Crippen molar-refractivity contribution in [2.24, 2.45) is 0 Å². The van der Waals surface area contributed by atoms with Gasteiger partial charge in [0, 0.05) is 23.1 Å². The molecule has 3 heterocycles. The van der Waals surface area contributed by atoms with Crippen LogP contribution in [0.4, 0.5) is 11.4 Å². The third-order valence-corrected chi connectivity index (χ3v) is 7.04. The number of imidazole rings is 1.